The van der Waals surface area contributed by atoms with Crippen LogP contribution < -0.4 is 0 Å². The number of carbonyl (C=O) groups is 2. The van der Waals surface area contributed by atoms with Crippen LogP contribution in [0.15, 0.2) is 18.2 Å². The van der Waals surface area contributed by atoms with Gasteiger partial charge >= 0.3 is 6.09 Å². The lowest BCUT2D eigenvalue weighted by molar-refractivity contribution is 0.0284. The molecule has 0 aromatic heterocycles. The molecule has 2 atom stereocenters. The number of benzene rings is 1. The Kier molecular flexibility index (Phi) is 4.01. The van der Waals surface area contributed by atoms with Gasteiger partial charge in [-0.1, -0.05) is 6.07 Å². The summed E-state index contributed by atoms with van der Waals surface area (Å²) in [5, 5.41) is 0. The van der Waals surface area contributed by atoms with E-state index in [-0.39, 0.29) is 23.8 Å². The molecule has 130 valence electrons. The van der Waals surface area contributed by atoms with E-state index in [1.165, 1.54) is 12.1 Å². The van der Waals surface area contributed by atoms with Crippen molar-refractivity contribution in [2.75, 3.05) is 26.7 Å². The van der Waals surface area contributed by atoms with Gasteiger partial charge in [0.2, 0.25) is 0 Å². The number of hydrogen-bond donors (Lipinski definition) is 0. The minimum Gasteiger partial charge on any atom is -0.444 e. The van der Waals surface area contributed by atoms with E-state index in [4.69, 9.17) is 4.74 Å². The first-order valence-corrected chi connectivity index (χ1v) is 8.18. The van der Waals surface area contributed by atoms with Crippen molar-refractivity contribution in [1.29, 1.82) is 0 Å². The molecule has 1 saturated heterocycles. The van der Waals surface area contributed by atoms with Gasteiger partial charge in [0.1, 0.15) is 11.4 Å². The van der Waals surface area contributed by atoms with E-state index in [0.29, 0.717) is 25.2 Å². The summed E-state index contributed by atoms with van der Waals surface area (Å²) in [5.41, 5.74) is 0.674. The van der Waals surface area contributed by atoms with Gasteiger partial charge in [0.25, 0.3) is 5.91 Å². The molecule has 1 fully saturated rings. The molecule has 2 heterocycles. The van der Waals surface area contributed by atoms with Crippen molar-refractivity contribution in [3.8, 4) is 0 Å². The number of rotatable bonds is 0. The molecule has 5 nitrogen and oxygen atoms in total. The molecule has 1 aromatic carbocycles. The first kappa shape index (κ1) is 16.7. The second-order valence-corrected chi connectivity index (χ2v) is 7.67. The van der Waals surface area contributed by atoms with Crippen molar-refractivity contribution < 1.29 is 18.7 Å². The van der Waals surface area contributed by atoms with Crippen LogP contribution in [0.25, 0.3) is 0 Å². The first-order chi connectivity index (χ1) is 11.2. The highest BCUT2D eigenvalue weighted by atomic mass is 19.1. The van der Waals surface area contributed by atoms with Gasteiger partial charge < -0.3 is 14.5 Å². The molecular formula is C18H23FN2O3. The van der Waals surface area contributed by atoms with Gasteiger partial charge in [-0.3, -0.25) is 4.79 Å². The number of likely N-dealkylation sites (tertiary alicyclic amines) is 1. The van der Waals surface area contributed by atoms with Crippen molar-refractivity contribution in [3.63, 3.8) is 0 Å². The Morgan fingerprint density at radius 2 is 1.96 bits per heavy atom. The van der Waals surface area contributed by atoms with Gasteiger partial charge in [0.15, 0.2) is 0 Å². The predicted molar refractivity (Wildman–Crippen MR) is 87.4 cm³/mol. The van der Waals surface area contributed by atoms with E-state index in [1.54, 1.807) is 22.9 Å². The van der Waals surface area contributed by atoms with Crippen molar-refractivity contribution in [2.45, 2.75) is 32.3 Å². The second kappa shape index (κ2) is 5.76. The molecule has 0 aliphatic carbocycles. The Morgan fingerprint density at radius 3 is 2.62 bits per heavy atom. The van der Waals surface area contributed by atoms with Gasteiger partial charge in [-0.15, -0.1) is 0 Å². The minimum atomic E-state index is -0.546. The minimum absolute atomic E-state index is 0.0158. The summed E-state index contributed by atoms with van der Waals surface area (Å²) in [6, 6.07) is 4.36. The highest BCUT2D eigenvalue weighted by Crippen LogP contribution is 2.38. The maximum atomic E-state index is 13.6. The number of carbonyl (C=O) groups excluding carboxylic acids is 2. The van der Waals surface area contributed by atoms with E-state index in [2.05, 4.69) is 0 Å². The van der Waals surface area contributed by atoms with Gasteiger partial charge in [-0.05, 0) is 38.5 Å². The van der Waals surface area contributed by atoms with Crippen LogP contribution in [0, 0.1) is 11.7 Å². The van der Waals surface area contributed by atoms with Crippen LogP contribution in [0.2, 0.25) is 0 Å². The topological polar surface area (TPSA) is 49.9 Å². The summed E-state index contributed by atoms with van der Waals surface area (Å²) in [6.07, 6.45) is -0.340. The third-order valence-corrected chi connectivity index (χ3v) is 4.59. The molecule has 0 saturated carbocycles. The van der Waals surface area contributed by atoms with Crippen LogP contribution in [0.3, 0.4) is 0 Å². The molecule has 24 heavy (non-hydrogen) atoms. The van der Waals surface area contributed by atoms with E-state index in [9.17, 15) is 14.0 Å². The first-order valence-electron chi connectivity index (χ1n) is 8.18. The Bertz CT molecular complexity index is 683. The van der Waals surface area contributed by atoms with Gasteiger partial charge in [-0.2, -0.15) is 0 Å². The van der Waals surface area contributed by atoms with Gasteiger partial charge in [0.05, 0.1) is 0 Å². The van der Waals surface area contributed by atoms with Crippen LogP contribution in [0.1, 0.15) is 42.6 Å². The summed E-state index contributed by atoms with van der Waals surface area (Å²) in [4.78, 5) is 28.1. The van der Waals surface area contributed by atoms with E-state index in [1.807, 2.05) is 20.8 Å². The third kappa shape index (κ3) is 3.09. The molecule has 0 spiro atoms. The molecule has 0 N–H and O–H groups in total. The number of nitrogens with zero attached hydrogens (tertiary/aromatic N) is 2. The Morgan fingerprint density at radius 1 is 1.25 bits per heavy atom. The van der Waals surface area contributed by atoms with Crippen molar-refractivity contribution >= 4 is 12.0 Å². The summed E-state index contributed by atoms with van der Waals surface area (Å²) >= 11 is 0. The molecular weight excluding hydrogens is 311 g/mol. The maximum Gasteiger partial charge on any atom is 0.410 e. The Hall–Kier alpha value is -2.11. The quantitative estimate of drug-likeness (QED) is 0.733. The van der Waals surface area contributed by atoms with Crippen LogP contribution in [-0.2, 0) is 4.74 Å². The summed E-state index contributed by atoms with van der Waals surface area (Å²) < 4.78 is 19.1. The standard InChI is InChI=1S/C18H23FN2O3/c1-18(2,3)24-17(23)21-9-11-8-20(4)16(22)14-7-12(19)5-6-13(14)15(11)10-21/h5-7,11,15H,8-10H2,1-4H3/t11-,15-/m0/s1. The Balaban J connectivity index is 1.90. The maximum absolute atomic E-state index is 13.6. The lowest BCUT2D eigenvalue weighted by Gasteiger charge is -2.25. The largest absolute Gasteiger partial charge is 0.444 e. The van der Waals surface area contributed by atoms with Gasteiger partial charge in [-0.25, -0.2) is 9.18 Å². The van der Waals surface area contributed by atoms with Crippen LogP contribution >= 0.6 is 0 Å². The average molecular weight is 334 g/mol. The average Bonchev–Trinajstić information content (AvgIpc) is 2.85. The van der Waals surface area contributed by atoms with E-state index >= 15 is 0 Å². The highest BCUT2D eigenvalue weighted by molar-refractivity contribution is 5.96. The molecule has 0 bridgehead atoms. The highest BCUT2D eigenvalue weighted by Gasteiger charge is 2.42. The zero-order chi connectivity index (χ0) is 17.6. The second-order valence-electron chi connectivity index (χ2n) is 7.67. The molecule has 3 rings (SSSR count). The third-order valence-electron chi connectivity index (χ3n) is 4.59. The monoisotopic (exact) mass is 334 g/mol. The van der Waals surface area contributed by atoms with Crippen LogP contribution in [-0.4, -0.2) is 54.1 Å². The molecule has 2 aliphatic heterocycles. The summed E-state index contributed by atoms with van der Waals surface area (Å²) in [7, 11) is 1.72. The predicted octanol–water partition coefficient (Wildman–Crippen LogP) is 2.86. The number of halogens is 1. The molecule has 1 aromatic rings. The number of fused-ring (bicyclic) bond motifs is 3. The SMILES string of the molecule is CN1C[C@H]2CN(C(=O)OC(C)(C)C)C[C@@H]2c2ccc(F)cc2C1=O. The number of amides is 2. The summed E-state index contributed by atoms with van der Waals surface area (Å²) in [5.74, 6) is -0.445. The fourth-order valence-electron chi connectivity index (χ4n) is 3.56. The number of hydrogen-bond acceptors (Lipinski definition) is 3. The molecule has 6 heteroatoms. The van der Waals surface area contributed by atoms with E-state index in [0.717, 1.165) is 5.56 Å². The van der Waals surface area contributed by atoms with E-state index < -0.39 is 11.4 Å². The Labute approximate surface area is 141 Å². The molecule has 0 unspecified atom stereocenters. The fourth-order valence-corrected chi connectivity index (χ4v) is 3.56. The van der Waals surface area contributed by atoms with Crippen molar-refractivity contribution in [2.24, 2.45) is 5.92 Å². The zero-order valence-corrected chi connectivity index (χ0v) is 14.5. The smallest absolute Gasteiger partial charge is 0.410 e. The van der Waals surface area contributed by atoms with Crippen molar-refractivity contribution in [3.05, 3.63) is 35.1 Å². The molecule has 2 aliphatic rings. The van der Waals surface area contributed by atoms with Crippen LogP contribution in [0.5, 0.6) is 0 Å². The molecule has 0 radical (unpaired) electrons. The lowest BCUT2D eigenvalue weighted by atomic mass is 9.87. The molecule has 2 amide bonds. The fraction of sp³-hybridized carbons (Fsp3) is 0.556. The zero-order valence-electron chi connectivity index (χ0n) is 14.5. The lowest BCUT2D eigenvalue weighted by Crippen LogP contribution is -2.37. The van der Waals surface area contributed by atoms with Crippen molar-refractivity contribution in [1.82, 2.24) is 9.80 Å². The van der Waals surface area contributed by atoms with Gasteiger partial charge in [0, 0.05) is 44.1 Å². The van der Waals surface area contributed by atoms with Crippen LogP contribution in [0.4, 0.5) is 9.18 Å². The summed E-state index contributed by atoms with van der Waals surface area (Å²) in [6.45, 7) is 7.07. The number of ether oxygens (including phenoxy) is 1. The normalized spacial score (nSPS) is 23.6.